The first kappa shape index (κ1) is 9.00. The van der Waals surface area contributed by atoms with E-state index in [1.807, 2.05) is 17.8 Å². The first-order valence-electron chi connectivity index (χ1n) is 3.50. The Kier molecular flexibility index (Phi) is 3.33. The van der Waals surface area contributed by atoms with E-state index in [9.17, 15) is 0 Å². The van der Waals surface area contributed by atoms with Crippen molar-refractivity contribution >= 4 is 25.3 Å². The molecule has 1 atom stereocenters. The van der Waals surface area contributed by atoms with Crippen LogP contribution in [0.25, 0.3) is 0 Å². The lowest BCUT2D eigenvalue weighted by Gasteiger charge is -2.06. The Balaban J connectivity index is 2.56. The van der Waals surface area contributed by atoms with Crippen LogP contribution in [-0.2, 0) is 13.5 Å². The number of rotatable bonds is 3. The molecule has 0 bridgehead atoms. The van der Waals surface area contributed by atoms with Crippen molar-refractivity contribution in [3.05, 3.63) is 18.0 Å². The fourth-order valence-corrected chi connectivity index (χ4v) is 1.22. The highest BCUT2D eigenvalue weighted by Gasteiger charge is 2.04. The van der Waals surface area contributed by atoms with Crippen LogP contribution < -0.4 is 0 Å². The molecule has 0 aromatic carbocycles. The summed E-state index contributed by atoms with van der Waals surface area (Å²) >= 11 is 8.50. The lowest BCUT2D eigenvalue weighted by molar-refractivity contribution is 0.704. The molecule has 0 aliphatic carbocycles. The Morgan fingerprint density at radius 1 is 1.73 bits per heavy atom. The van der Waals surface area contributed by atoms with Gasteiger partial charge in [-0.05, 0) is 6.07 Å². The Hall–Kier alpha value is -0.0900. The van der Waals surface area contributed by atoms with Crippen molar-refractivity contribution in [3.8, 4) is 0 Å². The molecule has 11 heavy (non-hydrogen) atoms. The second-order valence-electron chi connectivity index (χ2n) is 2.49. The monoisotopic (exact) mass is 188 g/mol. The highest BCUT2D eigenvalue weighted by molar-refractivity contribution is 7.84. The van der Waals surface area contributed by atoms with Gasteiger partial charge >= 0.3 is 0 Å². The number of hydrogen-bond donors (Lipinski definition) is 2. The van der Waals surface area contributed by atoms with Gasteiger partial charge in [0.2, 0.25) is 0 Å². The van der Waals surface area contributed by atoms with E-state index in [1.165, 1.54) is 5.69 Å². The standard InChI is InChI=1S/C7H12N2S2/c1-9-6(2-3-8-9)4-7(11)5-10/h2-3,7,10-11H,4-5H2,1H3/t7-/m1/s1. The minimum Gasteiger partial charge on any atom is -0.273 e. The predicted molar refractivity (Wildman–Crippen MR) is 53.5 cm³/mol. The van der Waals surface area contributed by atoms with Crippen LogP contribution in [0.4, 0.5) is 0 Å². The molecule has 0 aliphatic rings. The maximum Gasteiger partial charge on any atom is 0.0492 e. The quantitative estimate of drug-likeness (QED) is 0.682. The Bertz CT molecular complexity index is 222. The van der Waals surface area contributed by atoms with Gasteiger partial charge < -0.3 is 0 Å². The molecule has 1 aromatic rings. The Morgan fingerprint density at radius 2 is 2.45 bits per heavy atom. The highest BCUT2D eigenvalue weighted by atomic mass is 32.1. The van der Waals surface area contributed by atoms with E-state index in [-0.39, 0.29) is 0 Å². The van der Waals surface area contributed by atoms with E-state index in [0.717, 1.165) is 12.2 Å². The summed E-state index contributed by atoms with van der Waals surface area (Å²) in [6.45, 7) is 0. The van der Waals surface area contributed by atoms with Gasteiger partial charge in [-0.3, -0.25) is 4.68 Å². The van der Waals surface area contributed by atoms with Crippen LogP contribution >= 0.6 is 25.3 Å². The summed E-state index contributed by atoms with van der Waals surface area (Å²) < 4.78 is 1.87. The summed E-state index contributed by atoms with van der Waals surface area (Å²) in [5, 5.41) is 4.39. The fourth-order valence-electron chi connectivity index (χ4n) is 0.908. The fraction of sp³-hybridized carbons (Fsp3) is 0.571. The molecule has 0 fully saturated rings. The van der Waals surface area contributed by atoms with Gasteiger partial charge in [0.05, 0.1) is 0 Å². The molecule has 0 saturated carbocycles. The van der Waals surface area contributed by atoms with E-state index < -0.39 is 0 Å². The van der Waals surface area contributed by atoms with Crippen molar-refractivity contribution in [2.75, 3.05) is 5.75 Å². The van der Waals surface area contributed by atoms with Crippen molar-refractivity contribution < 1.29 is 0 Å². The van der Waals surface area contributed by atoms with Crippen LogP contribution in [0.5, 0.6) is 0 Å². The van der Waals surface area contributed by atoms with Crippen LogP contribution in [0.3, 0.4) is 0 Å². The molecule has 4 heteroatoms. The maximum absolute atomic E-state index is 4.35. The van der Waals surface area contributed by atoms with Crippen LogP contribution in [0.15, 0.2) is 12.3 Å². The number of aryl methyl sites for hydroxylation is 1. The molecule has 1 rings (SSSR count). The van der Waals surface area contributed by atoms with Crippen LogP contribution in [0, 0.1) is 0 Å². The first-order chi connectivity index (χ1) is 5.24. The number of thiol groups is 2. The third-order valence-corrected chi connectivity index (χ3v) is 2.67. The van der Waals surface area contributed by atoms with Crippen molar-refractivity contribution in [2.45, 2.75) is 11.7 Å². The van der Waals surface area contributed by atoms with Crippen molar-refractivity contribution in [3.63, 3.8) is 0 Å². The molecule has 1 heterocycles. The van der Waals surface area contributed by atoms with Crippen LogP contribution in [-0.4, -0.2) is 20.8 Å². The second kappa shape index (κ2) is 4.07. The summed E-state index contributed by atoms with van der Waals surface area (Å²) in [6, 6.07) is 2.01. The average Bonchev–Trinajstić information content (AvgIpc) is 2.37. The van der Waals surface area contributed by atoms with Gasteiger partial charge in [-0.25, -0.2) is 0 Å². The summed E-state index contributed by atoms with van der Waals surface area (Å²) in [7, 11) is 1.94. The third-order valence-electron chi connectivity index (χ3n) is 1.58. The number of nitrogens with zero attached hydrogens (tertiary/aromatic N) is 2. The van der Waals surface area contributed by atoms with Crippen molar-refractivity contribution in [2.24, 2.45) is 7.05 Å². The molecule has 0 spiro atoms. The van der Waals surface area contributed by atoms with Crippen molar-refractivity contribution in [1.29, 1.82) is 0 Å². The van der Waals surface area contributed by atoms with Gasteiger partial charge in [-0.15, -0.1) is 0 Å². The lowest BCUT2D eigenvalue weighted by Crippen LogP contribution is -2.08. The molecular weight excluding hydrogens is 176 g/mol. The molecule has 0 amide bonds. The largest absolute Gasteiger partial charge is 0.273 e. The van der Waals surface area contributed by atoms with E-state index in [2.05, 4.69) is 30.4 Å². The maximum atomic E-state index is 4.35. The topological polar surface area (TPSA) is 17.8 Å². The first-order valence-corrected chi connectivity index (χ1v) is 4.64. The molecule has 0 unspecified atom stereocenters. The smallest absolute Gasteiger partial charge is 0.0492 e. The zero-order chi connectivity index (χ0) is 8.27. The SMILES string of the molecule is Cn1nccc1C[C@@H](S)CS. The van der Waals surface area contributed by atoms with E-state index in [1.54, 1.807) is 6.20 Å². The minimum absolute atomic E-state index is 0.328. The molecular formula is C7H12N2S2. The molecule has 0 radical (unpaired) electrons. The normalized spacial score (nSPS) is 13.4. The van der Waals surface area contributed by atoms with Gasteiger partial charge in [0.25, 0.3) is 0 Å². The van der Waals surface area contributed by atoms with Gasteiger partial charge in [0.1, 0.15) is 0 Å². The van der Waals surface area contributed by atoms with E-state index >= 15 is 0 Å². The summed E-state index contributed by atoms with van der Waals surface area (Å²) in [4.78, 5) is 0. The molecule has 2 nitrogen and oxygen atoms in total. The summed E-state index contributed by atoms with van der Waals surface area (Å²) in [5.74, 6) is 0.800. The van der Waals surface area contributed by atoms with Gasteiger partial charge in [-0.2, -0.15) is 30.4 Å². The Labute approximate surface area is 77.8 Å². The molecule has 0 aliphatic heterocycles. The van der Waals surface area contributed by atoms with Crippen LogP contribution in [0.2, 0.25) is 0 Å². The number of hydrogen-bond acceptors (Lipinski definition) is 3. The van der Waals surface area contributed by atoms with Gasteiger partial charge in [0.15, 0.2) is 0 Å². The van der Waals surface area contributed by atoms with E-state index in [0.29, 0.717) is 5.25 Å². The van der Waals surface area contributed by atoms with Gasteiger partial charge in [-0.1, -0.05) is 0 Å². The lowest BCUT2D eigenvalue weighted by atomic mass is 10.2. The third kappa shape index (κ3) is 2.45. The minimum atomic E-state index is 0.328. The molecule has 1 aromatic heterocycles. The molecule has 0 N–H and O–H groups in total. The molecule has 0 saturated heterocycles. The van der Waals surface area contributed by atoms with E-state index in [4.69, 9.17) is 0 Å². The summed E-state index contributed by atoms with van der Waals surface area (Å²) in [6.07, 6.45) is 2.73. The zero-order valence-electron chi connectivity index (χ0n) is 6.44. The predicted octanol–water partition coefficient (Wildman–Crippen LogP) is 1.19. The average molecular weight is 188 g/mol. The number of aromatic nitrogens is 2. The highest BCUT2D eigenvalue weighted by Crippen LogP contribution is 2.07. The summed E-state index contributed by atoms with van der Waals surface area (Å²) in [5.41, 5.74) is 1.21. The Morgan fingerprint density at radius 3 is 2.91 bits per heavy atom. The second-order valence-corrected chi connectivity index (χ2v) is 3.58. The molecule has 62 valence electrons. The van der Waals surface area contributed by atoms with Gasteiger partial charge in [0, 0.05) is 36.4 Å². The zero-order valence-corrected chi connectivity index (χ0v) is 8.22. The van der Waals surface area contributed by atoms with Crippen molar-refractivity contribution in [1.82, 2.24) is 9.78 Å². The van der Waals surface area contributed by atoms with Crippen LogP contribution in [0.1, 0.15) is 5.69 Å².